The van der Waals surface area contributed by atoms with Gasteiger partial charge in [-0.25, -0.2) is 0 Å². The molecule has 1 aliphatic heterocycles. The summed E-state index contributed by atoms with van der Waals surface area (Å²) in [5.74, 6) is 0. The summed E-state index contributed by atoms with van der Waals surface area (Å²) >= 11 is 3.47. The summed E-state index contributed by atoms with van der Waals surface area (Å²) in [7, 11) is 0. The number of para-hydroxylation sites is 1. The fourth-order valence-electron chi connectivity index (χ4n) is 2.60. The molecule has 1 aromatic carbocycles. The number of nitrogens with zero attached hydrogens (tertiary/aromatic N) is 2. The smallest absolute Gasteiger partial charge is 0.0936 e. The lowest BCUT2D eigenvalue weighted by Crippen LogP contribution is -2.42. The Kier molecular flexibility index (Phi) is 3.22. The standard InChI is InChI=1S/C14H16BrN3/c15-11-7-10-3-1-5-13(14(10)17-8-11)18-6-2-4-12(16)9-18/h1,3,5,7-8,12H,2,4,6,9,16H2. The van der Waals surface area contributed by atoms with Crippen LogP contribution in [0.2, 0.25) is 0 Å². The minimum Gasteiger partial charge on any atom is -0.368 e. The van der Waals surface area contributed by atoms with Crippen molar-refractivity contribution in [2.75, 3.05) is 18.0 Å². The van der Waals surface area contributed by atoms with Gasteiger partial charge in [-0.1, -0.05) is 12.1 Å². The first-order chi connectivity index (χ1) is 8.74. The molecule has 2 heterocycles. The van der Waals surface area contributed by atoms with Crippen LogP contribution in [0.4, 0.5) is 5.69 Å². The minimum atomic E-state index is 0.282. The summed E-state index contributed by atoms with van der Waals surface area (Å²) in [5.41, 5.74) is 8.33. The highest BCUT2D eigenvalue weighted by atomic mass is 79.9. The van der Waals surface area contributed by atoms with Gasteiger partial charge in [-0.2, -0.15) is 0 Å². The van der Waals surface area contributed by atoms with Crippen LogP contribution in [0.15, 0.2) is 34.9 Å². The Morgan fingerprint density at radius 3 is 3.11 bits per heavy atom. The molecule has 1 fully saturated rings. The molecule has 3 nitrogen and oxygen atoms in total. The highest BCUT2D eigenvalue weighted by molar-refractivity contribution is 9.10. The Morgan fingerprint density at radius 2 is 2.28 bits per heavy atom. The zero-order chi connectivity index (χ0) is 12.5. The average Bonchev–Trinajstić information content (AvgIpc) is 2.37. The Morgan fingerprint density at radius 1 is 1.39 bits per heavy atom. The molecule has 1 saturated heterocycles. The topological polar surface area (TPSA) is 42.1 Å². The molecule has 0 saturated carbocycles. The summed E-state index contributed by atoms with van der Waals surface area (Å²) in [5, 5.41) is 1.17. The number of fused-ring (bicyclic) bond motifs is 1. The number of aromatic nitrogens is 1. The van der Waals surface area contributed by atoms with Gasteiger partial charge in [-0.3, -0.25) is 4.98 Å². The van der Waals surface area contributed by atoms with Crippen LogP contribution < -0.4 is 10.6 Å². The SMILES string of the molecule is NC1CCCN(c2cccc3cc(Br)cnc23)C1. The Bertz CT molecular complexity index is 570. The lowest BCUT2D eigenvalue weighted by Gasteiger charge is -2.33. The molecular weight excluding hydrogens is 290 g/mol. The van der Waals surface area contributed by atoms with Crippen molar-refractivity contribution >= 4 is 32.5 Å². The number of nitrogens with two attached hydrogens (primary N) is 1. The number of benzene rings is 1. The van der Waals surface area contributed by atoms with E-state index in [9.17, 15) is 0 Å². The van der Waals surface area contributed by atoms with Crippen LogP contribution in [0, 0.1) is 0 Å². The second-order valence-corrected chi connectivity index (χ2v) is 5.77. The van der Waals surface area contributed by atoms with Crippen molar-refractivity contribution in [3.63, 3.8) is 0 Å². The monoisotopic (exact) mass is 305 g/mol. The van der Waals surface area contributed by atoms with Crippen molar-refractivity contribution in [2.24, 2.45) is 5.73 Å². The van der Waals surface area contributed by atoms with E-state index in [2.05, 4.69) is 50.1 Å². The van der Waals surface area contributed by atoms with Gasteiger partial charge in [0.2, 0.25) is 0 Å². The van der Waals surface area contributed by atoms with E-state index >= 15 is 0 Å². The van der Waals surface area contributed by atoms with Crippen molar-refractivity contribution in [1.82, 2.24) is 4.98 Å². The van der Waals surface area contributed by atoms with Crippen molar-refractivity contribution in [3.05, 3.63) is 34.9 Å². The van der Waals surface area contributed by atoms with E-state index in [0.717, 1.165) is 35.9 Å². The second-order valence-electron chi connectivity index (χ2n) is 4.85. The molecule has 1 atom stereocenters. The van der Waals surface area contributed by atoms with Gasteiger partial charge >= 0.3 is 0 Å². The third-order valence-corrected chi connectivity index (χ3v) is 3.89. The largest absolute Gasteiger partial charge is 0.368 e. The maximum atomic E-state index is 6.06. The zero-order valence-electron chi connectivity index (χ0n) is 10.1. The summed E-state index contributed by atoms with van der Waals surface area (Å²) < 4.78 is 1.02. The fraction of sp³-hybridized carbons (Fsp3) is 0.357. The average molecular weight is 306 g/mol. The number of anilines is 1. The first-order valence-electron chi connectivity index (χ1n) is 6.29. The molecule has 0 spiro atoms. The summed E-state index contributed by atoms with van der Waals surface area (Å²) in [6.07, 6.45) is 4.14. The normalized spacial score (nSPS) is 20.3. The van der Waals surface area contributed by atoms with Crippen molar-refractivity contribution < 1.29 is 0 Å². The second kappa shape index (κ2) is 4.86. The highest BCUT2D eigenvalue weighted by Gasteiger charge is 2.18. The third-order valence-electron chi connectivity index (χ3n) is 3.45. The van der Waals surface area contributed by atoms with Gasteiger partial charge in [-0.15, -0.1) is 0 Å². The Balaban J connectivity index is 2.05. The van der Waals surface area contributed by atoms with E-state index in [1.54, 1.807) is 0 Å². The van der Waals surface area contributed by atoms with Gasteiger partial charge in [0.1, 0.15) is 0 Å². The van der Waals surface area contributed by atoms with Gasteiger partial charge in [0.25, 0.3) is 0 Å². The van der Waals surface area contributed by atoms with Gasteiger partial charge in [0.15, 0.2) is 0 Å². The van der Waals surface area contributed by atoms with E-state index in [-0.39, 0.29) is 6.04 Å². The van der Waals surface area contributed by atoms with E-state index in [1.165, 1.54) is 11.1 Å². The number of pyridine rings is 1. The molecule has 2 N–H and O–H groups in total. The first kappa shape index (κ1) is 11.9. The quantitative estimate of drug-likeness (QED) is 0.881. The molecular formula is C14H16BrN3. The van der Waals surface area contributed by atoms with E-state index in [0.29, 0.717) is 0 Å². The van der Waals surface area contributed by atoms with Crippen molar-refractivity contribution in [1.29, 1.82) is 0 Å². The fourth-order valence-corrected chi connectivity index (χ4v) is 2.95. The van der Waals surface area contributed by atoms with Crippen molar-refractivity contribution in [3.8, 4) is 0 Å². The molecule has 94 valence electrons. The summed E-state index contributed by atoms with van der Waals surface area (Å²) in [6, 6.07) is 8.72. The number of hydrogen-bond acceptors (Lipinski definition) is 3. The van der Waals surface area contributed by atoms with Crippen LogP contribution in [-0.4, -0.2) is 24.1 Å². The van der Waals surface area contributed by atoms with Crippen LogP contribution in [0.1, 0.15) is 12.8 Å². The lowest BCUT2D eigenvalue weighted by molar-refractivity contribution is 0.507. The van der Waals surface area contributed by atoms with Crippen LogP contribution in [-0.2, 0) is 0 Å². The van der Waals surface area contributed by atoms with E-state index in [1.807, 2.05) is 6.20 Å². The highest BCUT2D eigenvalue weighted by Crippen LogP contribution is 2.28. The molecule has 1 unspecified atom stereocenters. The van der Waals surface area contributed by atoms with E-state index < -0.39 is 0 Å². The summed E-state index contributed by atoms with van der Waals surface area (Å²) in [6.45, 7) is 2.00. The zero-order valence-corrected chi connectivity index (χ0v) is 11.7. The Hall–Kier alpha value is -1.13. The molecule has 3 rings (SSSR count). The minimum absolute atomic E-state index is 0.282. The molecule has 18 heavy (non-hydrogen) atoms. The van der Waals surface area contributed by atoms with E-state index in [4.69, 9.17) is 5.73 Å². The van der Waals surface area contributed by atoms with Gasteiger partial charge in [0, 0.05) is 35.2 Å². The van der Waals surface area contributed by atoms with Gasteiger partial charge in [0.05, 0.1) is 11.2 Å². The van der Waals surface area contributed by atoms with Crippen LogP contribution >= 0.6 is 15.9 Å². The van der Waals surface area contributed by atoms with Gasteiger partial charge in [-0.05, 0) is 40.9 Å². The molecule has 0 radical (unpaired) electrons. The number of halogens is 1. The van der Waals surface area contributed by atoms with Crippen LogP contribution in [0.3, 0.4) is 0 Å². The molecule has 0 bridgehead atoms. The Labute approximate surface area is 115 Å². The summed E-state index contributed by atoms with van der Waals surface area (Å²) in [4.78, 5) is 6.91. The molecule has 1 aliphatic rings. The van der Waals surface area contributed by atoms with Crippen LogP contribution in [0.5, 0.6) is 0 Å². The van der Waals surface area contributed by atoms with Gasteiger partial charge < -0.3 is 10.6 Å². The number of piperidine rings is 1. The number of hydrogen-bond donors (Lipinski definition) is 1. The molecule has 0 amide bonds. The number of rotatable bonds is 1. The maximum Gasteiger partial charge on any atom is 0.0936 e. The van der Waals surface area contributed by atoms with Crippen molar-refractivity contribution in [2.45, 2.75) is 18.9 Å². The lowest BCUT2D eigenvalue weighted by atomic mass is 10.0. The molecule has 0 aliphatic carbocycles. The predicted molar refractivity (Wildman–Crippen MR) is 78.9 cm³/mol. The maximum absolute atomic E-state index is 6.06. The van der Waals surface area contributed by atoms with Crippen LogP contribution in [0.25, 0.3) is 10.9 Å². The third kappa shape index (κ3) is 2.22. The predicted octanol–water partition coefficient (Wildman–Crippen LogP) is 2.92. The first-order valence-corrected chi connectivity index (χ1v) is 7.08. The molecule has 2 aromatic rings. The molecule has 1 aromatic heterocycles. The molecule has 4 heteroatoms.